The van der Waals surface area contributed by atoms with E-state index in [1.807, 2.05) is 6.07 Å². The average Bonchev–Trinajstić information content (AvgIpc) is 2.22. The van der Waals surface area contributed by atoms with E-state index in [-0.39, 0.29) is 0 Å². The van der Waals surface area contributed by atoms with Crippen molar-refractivity contribution < 1.29 is 0 Å². The Labute approximate surface area is 97.5 Å². The van der Waals surface area contributed by atoms with E-state index >= 15 is 0 Å². The van der Waals surface area contributed by atoms with Crippen LogP contribution in [0.4, 0.5) is 0 Å². The quantitative estimate of drug-likeness (QED) is 0.778. The van der Waals surface area contributed by atoms with E-state index in [1.165, 1.54) is 11.1 Å². The van der Waals surface area contributed by atoms with Crippen molar-refractivity contribution in [3.05, 3.63) is 58.1 Å². The zero-order valence-corrected chi connectivity index (χ0v) is 10.0. The highest BCUT2D eigenvalue weighted by atomic mass is 79.9. The maximum Gasteiger partial charge on any atom is 0.196 e. The zero-order valence-electron chi connectivity index (χ0n) is 8.44. The molecule has 0 atom stereocenters. The Bertz CT molecular complexity index is 451. The van der Waals surface area contributed by atoms with Crippen LogP contribution in [0.2, 0.25) is 0 Å². The fourth-order valence-corrected chi connectivity index (χ4v) is 1.73. The highest BCUT2D eigenvalue weighted by molar-refractivity contribution is 9.10. The average molecular weight is 263 g/mol. The number of halogens is 1. The molecule has 0 N–H and O–H groups in total. The molecule has 76 valence electrons. The molecule has 2 aromatic rings. The van der Waals surface area contributed by atoms with E-state index < -0.39 is 0 Å². The van der Waals surface area contributed by atoms with Gasteiger partial charge in [-0.3, -0.25) is 0 Å². The minimum absolute atomic E-state index is 0.645. The molecule has 3 heteroatoms. The molecule has 2 rings (SSSR count). The Morgan fingerprint density at radius 1 is 1.13 bits per heavy atom. The van der Waals surface area contributed by atoms with Gasteiger partial charge in [0.25, 0.3) is 0 Å². The van der Waals surface area contributed by atoms with Gasteiger partial charge in [0, 0.05) is 18.3 Å². The molecule has 0 fully saturated rings. The third-order valence-corrected chi connectivity index (χ3v) is 2.57. The highest BCUT2D eigenvalue weighted by Gasteiger charge is 1.98. The lowest BCUT2D eigenvalue weighted by molar-refractivity contribution is 0.996. The van der Waals surface area contributed by atoms with E-state index in [9.17, 15) is 0 Å². The third-order valence-electron chi connectivity index (χ3n) is 2.19. The van der Waals surface area contributed by atoms with Crippen molar-refractivity contribution in [1.82, 2.24) is 9.97 Å². The molecule has 2 nitrogen and oxygen atoms in total. The molecule has 0 radical (unpaired) electrons. The lowest BCUT2D eigenvalue weighted by Gasteiger charge is -2.01. The predicted octanol–water partition coefficient (Wildman–Crippen LogP) is 3.14. The standard InChI is InChI=1S/C12H11BrN2/c1-9-2-4-10(5-3-9)8-11-6-7-14-12(13)15-11/h2-7H,8H2,1H3. The second-order valence-corrected chi connectivity index (χ2v) is 4.19. The summed E-state index contributed by atoms with van der Waals surface area (Å²) in [5, 5.41) is 0. The summed E-state index contributed by atoms with van der Waals surface area (Å²) in [6.45, 7) is 2.09. The molecule has 0 saturated heterocycles. The van der Waals surface area contributed by atoms with Gasteiger partial charge in [-0.25, -0.2) is 9.97 Å². The molecule has 0 aliphatic carbocycles. The van der Waals surface area contributed by atoms with Crippen molar-refractivity contribution in [1.29, 1.82) is 0 Å². The maximum absolute atomic E-state index is 4.30. The van der Waals surface area contributed by atoms with Crippen molar-refractivity contribution in [2.75, 3.05) is 0 Å². The van der Waals surface area contributed by atoms with Crippen LogP contribution in [0.5, 0.6) is 0 Å². The largest absolute Gasteiger partial charge is 0.231 e. The van der Waals surface area contributed by atoms with Gasteiger partial charge in [-0.15, -0.1) is 0 Å². The zero-order chi connectivity index (χ0) is 10.7. The minimum atomic E-state index is 0.645. The van der Waals surface area contributed by atoms with Crippen LogP contribution >= 0.6 is 15.9 Å². The number of hydrogen-bond acceptors (Lipinski definition) is 2. The first-order valence-electron chi connectivity index (χ1n) is 4.77. The van der Waals surface area contributed by atoms with Crippen LogP contribution in [0, 0.1) is 6.92 Å². The summed E-state index contributed by atoms with van der Waals surface area (Å²) >= 11 is 3.26. The number of benzene rings is 1. The van der Waals surface area contributed by atoms with Crippen LogP contribution in [0.1, 0.15) is 16.8 Å². The van der Waals surface area contributed by atoms with Crippen molar-refractivity contribution in [2.24, 2.45) is 0 Å². The first-order valence-corrected chi connectivity index (χ1v) is 5.56. The molecule has 0 aliphatic rings. The second-order valence-electron chi connectivity index (χ2n) is 3.48. The van der Waals surface area contributed by atoms with Gasteiger partial charge >= 0.3 is 0 Å². The Morgan fingerprint density at radius 3 is 2.53 bits per heavy atom. The molecule has 1 aromatic heterocycles. The molecular formula is C12H11BrN2. The molecule has 0 amide bonds. The molecule has 15 heavy (non-hydrogen) atoms. The number of aromatic nitrogens is 2. The van der Waals surface area contributed by atoms with E-state index in [0.717, 1.165) is 12.1 Å². The summed E-state index contributed by atoms with van der Waals surface area (Å²) in [5.74, 6) is 0. The van der Waals surface area contributed by atoms with Crippen LogP contribution < -0.4 is 0 Å². The van der Waals surface area contributed by atoms with Crippen LogP contribution in [-0.2, 0) is 6.42 Å². The van der Waals surface area contributed by atoms with E-state index in [4.69, 9.17) is 0 Å². The van der Waals surface area contributed by atoms with Gasteiger partial charge in [-0.1, -0.05) is 29.8 Å². The Kier molecular flexibility index (Phi) is 3.11. The number of rotatable bonds is 2. The molecule has 0 spiro atoms. The SMILES string of the molecule is Cc1ccc(Cc2ccnc(Br)n2)cc1. The smallest absolute Gasteiger partial charge is 0.196 e. The van der Waals surface area contributed by atoms with Gasteiger partial charge in [-0.05, 0) is 34.5 Å². The Balaban J connectivity index is 2.18. The number of nitrogens with zero attached hydrogens (tertiary/aromatic N) is 2. The van der Waals surface area contributed by atoms with Crippen molar-refractivity contribution in [3.8, 4) is 0 Å². The fraction of sp³-hybridized carbons (Fsp3) is 0.167. The first-order chi connectivity index (χ1) is 7.24. The summed E-state index contributed by atoms with van der Waals surface area (Å²) in [7, 11) is 0. The van der Waals surface area contributed by atoms with Crippen LogP contribution in [-0.4, -0.2) is 9.97 Å². The molecule has 0 saturated carbocycles. The van der Waals surface area contributed by atoms with Crippen LogP contribution in [0.3, 0.4) is 0 Å². The van der Waals surface area contributed by atoms with Crippen LogP contribution in [0.25, 0.3) is 0 Å². The molecule has 0 bridgehead atoms. The van der Waals surface area contributed by atoms with Gasteiger partial charge in [0.1, 0.15) is 0 Å². The first kappa shape index (κ1) is 10.3. The van der Waals surface area contributed by atoms with E-state index in [0.29, 0.717) is 4.73 Å². The Morgan fingerprint density at radius 2 is 1.87 bits per heavy atom. The second kappa shape index (κ2) is 4.53. The normalized spacial score (nSPS) is 10.3. The third kappa shape index (κ3) is 2.86. The summed E-state index contributed by atoms with van der Waals surface area (Å²) in [6, 6.07) is 10.4. The van der Waals surface area contributed by atoms with E-state index in [2.05, 4.69) is 57.1 Å². The van der Waals surface area contributed by atoms with Gasteiger partial charge in [0.2, 0.25) is 0 Å². The Hall–Kier alpha value is -1.22. The van der Waals surface area contributed by atoms with Gasteiger partial charge in [-0.2, -0.15) is 0 Å². The van der Waals surface area contributed by atoms with Gasteiger partial charge in [0.05, 0.1) is 0 Å². The molecular weight excluding hydrogens is 252 g/mol. The van der Waals surface area contributed by atoms with Crippen molar-refractivity contribution in [2.45, 2.75) is 13.3 Å². The summed E-state index contributed by atoms with van der Waals surface area (Å²) < 4.78 is 0.645. The summed E-state index contributed by atoms with van der Waals surface area (Å²) in [5.41, 5.74) is 3.58. The van der Waals surface area contributed by atoms with E-state index in [1.54, 1.807) is 6.20 Å². The van der Waals surface area contributed by atoms with Gasteiger partial charge in [0.15, 0.2) is 4.73 Å². The summed E-state index contributed by atoms with van der Waals surface area (Å²) in [4.78, 5) is 8.30. The van der Waals surface area contributed by atoms with Crippen LogP contribution in [0.15, 0.2) is 41.3 Å². The molecule has 1 aromatic carbocycles. The molecule has 1 heterocycles. The lowest BCUT2D eigenvalue weighted by Crippen LogP contribution is -1.93. The fourth-order valence-electron chi connectivity index (χ4n) is 1.38. The molecule has 0 unspecified atom stereocenters. The lowest BCUT2D eigenvalue weighted by atomic mass is 10.1. The minimum Gasteiger partial charge on any atom is -0.231 e. The maximum atomic E-state index is 4.30. The highest BCUT2D eigenvalue weighted by Crippen LogP contribution is 2.10. The predicted molar refractivity (Wildman–Crippen MR) is 63.7 cm³/mol. The topological polar surface area (TPSA) is 25.8 Å². The summed E-state index contributed by atoms with van der Waals surface area (Å²) in [6.07, 6.45) is 2.61. The van der Waals surface area contributed by atoms with Crippen molar-refractivity contribution in [3.63, 3.8) is 0 Å². The van der Waals surface area contributed by atoms with Crippen molar-refractivity contribution >= 4 is 15.9 Å². The monoisotopic (exact) mass is 262 g/mol. The number of aryl methyl sites for hydroxylation is 1. The van der Waals surface area contributed by atoms with Gasteiger partial charge < -0.3 is 0 Å². The molecule has 0 aliphatic heterocycles. The number of hydrogen-bond donors (Lipinski definition) is 0.